The first-order valence-electron chi connectivity index (χ1n) is 7.53. The SMILES string of the molecule is CC(O)CC(C)CNC(c1ccccc1)c1ccncc1. The molecule has 3 unspecified atom stereocenters. The van der Waals surface area contributed by atoms with Crippen LogP contribution >= 0.6 is 0 Å². The van der Waals surface area contributed by atoms with Crippen LogP contribution in [0.4, 0.5) is 0 Å². The van der Waals surface area contributed by atoms with Crippen molar-refractivity contribution >= 4 is 0 Å². The number of aliphatic hydroxyl groups excluding tert-OH is 1. The van der Waals surface area contributed by atoms with Gasteiger partial charge in [0.1, 0.15) is 0 Å². The molecule has 0 aliphatic rings. The highest BCUT2D eigenvalue weighted by Crippen LogP contribution is 2.21. The summed E-state index contributed by atoms with van der Waals surface area (Å²) in [4.78, 5) is 4.10. The van der Waals surface area contributed by atoms with Crippen molar-refractivity contribution in [2.75, 3.05) is 6.54 Å². The number of aromatic nitrogens is 1. The van der Waals surface area contributed by atoms with Gasteiger partial charge in [0.2, 0.25) is 0 Å². The Kier molecular flexibility index (Phi) is 5.90. The molecule has 0 amide bonds. The molecule has 0 aliphatic heterocycles. The quantitative estimate of drug-likeness (QED) is 0.821. The van der Waals surface area contributed by atoms with Crippen molar-refractivity contribution in [2.45, 2.75) is 32.4 Å². The summed E-state index contributed by atoms with van der Waals surface area (Å²) in [5.41, 5.74) is 2.45. The van der Waals surface area contributed by atoms with E-state index >= 15 is 0 Å². The van der Waals surface area contributed by atoms with Crippen LogP contribution in [-0.2, 0) is 0 Å². The topological polar surface area (TPSA) is 45.1 Å². The third-order valence-electron chi connectivity index (χ3n) is 3.59. The molecule has 0 saturated heterocycles. The van der Waals surface area contributed by atoms with E-state index in [1.165, 1.54) is 11.1 Å². The number of pyridine rings is 1. The number of hydrogen-bond donors (Lipinski definition) is 2. The first-order chi connectivity index (χ1) is 10.2. The number of nitrogens with zero attached hydrogens (tertiary/aromatic N) is 1. The van der Waals surface area contributed by atoms with Gasteiger partial charge in [-0.3, -0.25) is 4.98 Å². The minimum absolute atomic E-state index is 0.158. The van der Waals surface area contributed by atoms with Crippen LogP contribution < -0.4 is 5.32 Å². The normalized spacial score (nSPS) is 15.4. The average molecular weight is 284 g/mol. The molecule has 0 radical (unpaired) electrons. The van der Waals surface area contributed by atoms with Gasteiger partial charge in [-0.1, -0.05) is 37.3 Å². The molecule has 0 bridgehead atoms. The van der Waals surface area contributed by atoms with Crippen LogP contribution in [0.5, 0.6) is 0 Å². The average Bonchev–Trinajstić information content (AvgIpc) is 2.49. The van der Waals surface area contributed by atoms with Gasteiger partial charge in [-0.25, -0.2) is 0 Å². The molecular weight excluding hydrogens is 260 g/mol. The van der Waals surface area contributed by atoms with Crippen LogP contribution in [0.1, 0.15) is 37.4 Å². The summed E-state index contributed by atoms with van der Waals surface area (Å²) in [6.45, 7) is 4.87. The molecule has 0 spiro atoms. The highest BCUT2D eigenvalue weighted by atomic mass is 16.3. The van der Waals surface area contributed by atoms with Crippen molar-refractivity contribution in [1.82, 2.24) is 10.3 Å². The Hall–Kier alpha value is -1.71. The zero-order valence-corrected chi connectivity index (χ0v) is 12.7. The minimum atomic E-state index is -0.252. The van der Waals surface area contributed by atoms with Crippen LogP contribution in [0.3, 0.4) is 0 Å². The summed E-state index contributed by atoms with van der Waals surface area (Å²) in [7, 11) is 0. The highest BCUT2D eigenvalue weighted by molar-refractivity contribution is 5.30. The van der Waals surface area contributed by atoms with E-state index < -0.39 is 0 Å². The molecule has 3 heteroatoms. The Labute approximate surface area is 127 Å². The monoisotopic (exact) mass is 284 g/mol. The molecule has 0 fully saturated rings. The Morgan fingerprint density at radius 3 is 2.24 bits per heavy atom. The van der Waals surface area contributed by atoms with Crippen molar-refractivity contribution in [3.05, 3.63) is 66.0 Å². The lowest BCUT2D eigenvalue weighted by atomic mass is 9.98. The molecule has 1 aromatic carbocycles. The summed E-state index contributed by atoms with van der Waals surface area (Å²) in [5.74, 6) is 0.429. The molecule has 2 aromatic rings. The van der Waals surface area contributed by atoms with E-state index in [1.807, 2.05) is 37.5 Å². The van der Waals surface area contributed by atoms with Gasteiger partial charge in [0, 0.05) is 12.4 Å². The fourth-order valence-electron chi connectivity index (χ4n) is 2.61. The van der Waals surface area contributed by atoms with Crippen LogP contribution in [0, 0.1) is 5.92 Å². The molecule has 3 atom stereocenters. The van der Waals surface area contributed by atoms with Gasteiger partial charge in [0.25, 0.3) is 0 Å². The lowest BCUT2D eigenvalue weighted by Crippen LogP contribution is -2.28. The number of aliphatic hydroxyl groups is 1. The third kappa shape index (κ3) is 4.96. The second-order valence-electron chi connectivity index (χ2n) is 5.72. The number of nitrogens with one attached hydrogen (secondary N) is 1. The maximum absolute atomic E-state index is 9.49. The van der Waals surface area contributed by atoms with Crippen LogP contribution in [0.15, 0.2) is 54.9 Å². The molecule has 3 nitrogen and oxygen atoms in total. The first-order valence-corrected chi connectivity index (χ1v) is 7.53. The number of hydrogen-bond acceptors (Lipinski definition) is 3. The molecule has 112 valence electrons. The van der Waals surface area contributed by atoms with Crippen LogP contribution in [0.2, 0.25) is 0 Å². The van der Waals surface area contributed by atoms with Gasteiger partial charge >= 0.3 is 0 Å². The van der Waals surface area contributed by atoms with E-state index in [0.29, 0.717) is 5.92 Å². The van der Waals surface area contributed by atoms with Crippen molar-refractivity contribution in [3.8, 4) is 0 Å². The van der Waals surface area contributed by atoms with Gasteiger partial charge in [-0.15, -0.1) is 0 Å². The number of benzene rings is 1. The zero-order valence-electron chi connectivity index (χ0n) is 12.7. The summed E-state index contributed by atoms with van der Waals surface area (Å²) >= 11 is 0. The standard InChI is InChI=1S/C18H24N2O/c1-14(12-15(2)21)13-20-18(16-6-4-3-5-7-16)17-8-10-19-11-9-17/h3-11,14-15,18,20-21H,12-13H2,1-2H3. The summed E-state index contributed by atoms with van der Waals surface area (Å²) in [6, 6.07) is 14.7. The Morgan fingerprint density at radius 2 is 1.62 bits per heavy atom. The van der Waals surface area contributed by atoms with E-state index in [-0.39, 0.29) is 12.1 Å². The Bertz CT molecular complexity index is 474. The smallest absolute Gasteiger partial charge is 0.0577 e. The summed E-state index contributed by atoms with van der Waals surface area (Å²) in [5, 5.41) is 13.1. The van der Waals surface area contributed by atoms with Gasteiger partial charge in [0.15, 0.2) is 0 Å². The van der Waals surface area contributed by atoms with E-state index in [1.54, 1.807) is 0 Å². The van der Waals surface area contributed by atoms with Crippen LogP contribution in [-0.4, -0.2) is 22.7 Å². The largest absolute Gasteiger partial charge is 0.393 e. The molecule has 1 heterocycles. The minimum Gasteiger partial charge on any atom is -0.393 e. The van der Waals surface area contributed by atoms with Gasteiger partial charge in [-0.05, 0) is 49.1 Å². The van der Waals surface area contributed by atoms with Crippen molar-refractivity contribution in [2.24, 2.45) is 5.92 Å². The molecule has 2 N–H and O–H groups in total. The van der Waals surface area contributed by atoms with E-state index in [4.69, 9.17) is 0 Å². The molecule has 2 rings (SSSR count). The number of rotatable bonds is 7. The predicted octanol–water partition coefficient (Wildman–Crippen LogP) is 3.17. The highest BCUT2D eigenvalue weighted by Gasteiger charge is 2.15. The fraction of sp³-hybridized carbons (Fsp3) is 0.389. The fourth-order valence-corrected chi connectivity index (χ4v) is 2.61. The van der Waals surface area contributed by atoms with E-state index in [2.05, 4.69) is 41.5 Å². The van der Waals surface area contributed by atoms with Crippen molar-refractivity contribution in [1.29, 1.82) is 0 Å². The molecular formula is C18H24N2O. The Morgan fingerprint density at radius 1 is 1.00 bits per heavy atom. The second kappa shape index (κ2) is 7.91. The third-order valence-corrected chi connectivity index (χ3v) is 3.59. The molecule has 1 aromatic heterocycles. The molecule has 0 saturated carbocycles. The summed E-state index contributed by atoms with van der Waals surface area (Å²) in [6.07, 6.45) is 4.21. The zero-order chi connectivity index (χ0) is 15.1. The van der Waals surface area contributed by atoms with Gasteiger partial charge < -0.3 is 10.4 Å². The molecule has 0 aliphatic carbocycles. The Balaban J connectivity index is 2.10. The molecule has 21 heavy (non-hydrogen) atoms. The van der Waals surface area contributed by atoms with Crippen molar-refractivity contribution < 1.29 is 5.11 Å². The lowest BCUT2D eigenvalue weighted by Gasteiger charge is -2.22. The first kappa shape index (κ1) is 15.7. The maximum Gasteiger partial charge on any atom is 0.0577 e. The second-order valence-corrected chi connectivity index (χ2v) is 5.72. The van der Waals surface area contributed by atoms with Crippen molar-refractivity contribution in [3.63, 3.8) is 0 Å². The van der Waals surface area contributed by atoms with E-state index in [9.17, 15) is 5.11 Å². The van der Waals surface area contributed by atoms with Gasteiger partial charge in [0.05, 0.1) is 12.1 Å². The maximum atomic E-state index is 9.49. The lowest BCUT2D eigenvalue weighted by molar-refractivity contribution is 0.163. The van der Waals surface area contributed by atoms with E-state index in [0.717, 1.165) is 13.0 Å². The predicted molar refractivity (Wildman–Crippen MR) is 86.0 cm³/mol. The van der Waals surface area contributed by atoms with Crippen LogP contribution in [0.25, 0.3) is 0 Å². The van der Waals surface area contributed by atoms with Gasteiger partial charge in [-0.2, -0.15) is 0 Å². The summed E-state index contributed by atoms with van der Waals surface area (Å²) < 4.78 is 0.